The number of hydrogen-bond donors (Lipinski definition) is 5. The molecule has 0 radical (unpaired) electrons. The molecule has 0 spiro atoms. The van der Waals surface area contributed by atoms with E-state index in [0.29, 0.717) is 5.75 Å². The first kappa shape index (κ1) is 28.7. The molecule has 0 fully saturated rings. The number of thioether (sulfide) groups is 1. The van der Waals surface area contributed by atoms with E-state index in [4.69, 9.17) is 0 Å². The van der Waals surface area contributed by atoms with Gasteiger partial charge in [0.15, 0.2) is 0 Å². The molecule has 5 N–H and O–H groups in total. The molecule has 0 saturated carbocycles. The van der Waals surface area contributed by atoms with Crippen LogP contribution in [0, 0.1) is 5.92 Å². The molecule has 9 nitrogen and oxygen atoms in total. The minimum absolute atomic E-state index is 0.0108. The van der Waals surface area contributed by atoms with E-state index in [9.17, 15) is 29.4 Å². The van der Waals surface area contributed by atoms with Gasteiger partial charge in [0.25, 0.3) is 5.91 Å². The molecule has 2 aromatic carbocycles. The number of hydrogen-bond acceptors (Lipinski definition) is 6. The topological polar surface area (TPSA) is 145 Å². The minimum atomic E-state index is -1.15. The summed E-state index contributed by atoms with van der Waals surface area (Å²) < 4.78 is 0. The fraction of sp³-hybridized carbons (Fsp3) is 0.385. The van der Waals surface area contributed by atoms with E-state index >= 15 is 0 Å². The van der Waals surface area contributed by atoms with E-state index in [0.717, 1.165) is 5.56 Å². The highest BCUT2D eigenvalue weighted by Crippen LogP contribution is 2.12. The van der Waals surface area contributed by atoms with E-state index in [1.807, 2.05) is 12.3 Å². The summed E-state index contributed by atoms with van der Waals surface area (Å²) in [6.45, 7) is 3.52. The Morgan fingerprint density at radius 3 is 2.03 bits per heavy atom. The van der Waals surface area contributed by atoms with Crippen LogP contribution in [0.25, 0.3) is 0 Å². The lowest BCUT2D eigenvalue weighted by atomic mass is 10.00. The van der Waals surface area contributed by atoms with Gasteiger partial charge in [-0.2, -0.15) is 11.8 Å². The summed E-state index contributed by atoms with van der Waals surface area (Å²) in [5.74, 6) is -2.58. The van der Waals surface area contributed by atoms with Crippen molar-refractivity contribution in [1.82, 2.24) is 16.0 Å². The van der Waals surface area contributed by atoms with Crippen LogP contribution < -0.4 is 16.0 Å². The molecule has 0 aliphatic carbocycles. The first-order valence-corrected chi connectivity index (χ1v) is 13.0. The zero-order valence-corrected chi connectivity index (χ0v) is 21.4. The number of aromatic hydroxyl groups is 1. The summed E-state index contributed by atoms with van der Waals surface area (Å²) >= 11 is 1.47. The molecule has 10 heteroatoms. The Hall–Kier alpha value is -3.53. The van der Waals surface area contributed by atoms with Gasteiger partial charge in [-0.25, -0.2) is 4.79 Å². The van der Waals surface area contributed by atoms with E-state index in [1.165, 1.54) is 36.0 Å². The van der Waals surface area contributed by atoms with Gasteiger partial charge >= 0.3 is 5.97 Å². The number of carboxylic acid groups (broad SMARTS) is 1. The third kappa shape index (κ3) is 8.92. The Labute approximate surface area is 215 Å². The lowest BCUT2D eigenvalue weighted by Gasteiger charge is -2.26. The Morgan fingerprint density at radius 1 is 0.861 bits per heavy atom. The van der Waals surface area contributed by atoms with Crippen molar-refractivity contribution in [2.24, 2.45) is 5.92 Å². The molecule has 3 amide bonds. The predicted octanol–water partition coefficient (Wildman–Crippen LogP) is 2.20. The zero-order valence-electron chi connectivity index (χ0n) is 20.6. The number of amides is 3. The highest BCUT2D eigenvalue weighted by Gasteiger charge is 2.31. The van der Waals surface area contributed by atoms with Crippen molar-refractivity contribution >= 4 is 35.5 Å². The quantitative estimate of drug-likeness (QED) is 0.275. The van der Waals surface area contributed by atoms with Crippen LogP contribution in [0.15, 0.2) is 54.6 Å². The van der Waals surface area contributed by atoms with Crippen LogP contribution in [0.2, 0.25) is 0 Å². The number of nitrogens with one attached hydrogen (secondary N) is 3. The van der Waals surface area contributed by atoms with Crippen LogP contribution in [0.1, 0.15) is 36.2 Å². The van der Waals surface area contributed by atoms with Crippen molar-refractivity contribution in [2.75, 3.05) is 12.0 Å². The summed E-state index contributed by atoms with van der Waals surface area (Å²) in [6.07, 6.45) is 2.23. The predicted molar refractivity (Wildman–Crippen MR) is 139 cm³/mol. The highest BCUT2D eigenvalue weighted by molar-refractivity contribution is 7.98. The normalized spacial score (nSPS) is 13.3. The maximum atomic E-state index is 13.2. The Balaban J connectivity index is 2.21. The van der Waals surface area contributed by atoms with Crippen LogP contribution in [0.5, 0.6) is 5.75 Å². The van der Waals surface area contributed by atoms with Gasteiger partial charge in [-0.15, -0.1) is 0 Å². The van der Waals surface area contributed by atoms with Crippen molar-refractivity contribution in [1.29, 1.82) is 0 Å². The first-order chi connectivity index (χ1) is 17.1. The number of carboxylic acids is 1. The van der Waals surface area contributed by atoms with E-state index < -0.39 is 41.8 Å². The van der Waals surface area contributed by atoms with Crippen LogP contribution >= 0.6 is 11.8 Å². The van der Waals surface area contributed by atoms with Crippen molar-refractivity contribution in [3.63, 3.8) is 0 Å². The van der Waals surface area contributed by atoms with Gasteiger partial charge in [-0.1, -0.05) is 44.2 Å². The summed E-state index contributed by atoms with van der Waals surface area (Å²) in [5.41, 5.74) is 1.05. The lowest BCUT2D eigenvalue weighted by Crippen LogP contribution is -2.57. The van der Waals surface area contributed by atoms with E-state index in [-0.39, 0.29) is 30.1 Å². The molecule has 0 aliphatic rings. The maximum absolute atomic E-state index is 13.2. The summed E-state index contributed by atoms with van der Waals surface area (Å²) in [7, 11) is 0. The molecule has 194 valence electrons. The maximum Gasteiger partial charge on any atom is 0.326 e. The second-order valence-corrected chi connectivity index (χ2v) is 9.66. The average molecular weight is 516 g/mol. The molecule has 0 aliphatic heterocycles. The molecule has 2 rings (SSSR count). The number of carbonyl (C=O) groups excluding carboxylic acids is 3. The lowest BCUT2D eigenvalue weighted by molar-refractivity contribution is -0.142. The molecule has 0 bridgehead atoms. The molecule has 0 aromatic heterocycles. The van der Waals surface area contributed by atoms with Crippen LogP contribution in [0.3, 0.4) is 0 Å². The van der Waals surface area contributed by atoms with Crippen LogP contribution in [-0.2, 0) is 20.8 Å². The SMILES string of the molecule is CSCC[C@@H](NC(=O)[C@H](Cc1ccccc1)NC(=O)[C@H](NC(=O)c1ccc(O)cc1)C(C)C)C(=O)O. The van der Waals surface area contributed by atoms with Gasteiger partial charge in [-0.3, -0.25) is 14.4 Å². The average Bonchev–Trinajstić information content (AvgIpc) is 2.84. The fourth-order valence-electron chi connectivity index (χ4n) is 3.46. The summed E-state index contributed by atoms with van der Waals surface area (Å²) in [6, 6.07) is 11.6. The number of carbonyl (C=O) groups is 4. The number of benzene rings is 2. The third-order valence-electron chi connectivity index (χ3n) is 5.51. The van der Waals surface area contributed by atoms with Crippen LogP contribution in [-0.4, -0.2) is 64.0 Å². The van der Waals surface area contributed by atoms with E-state index in [2.05, 4.69) is 16.0 Å². The van der Waals surface area contributed by atoms with Gasteiger partial charge in [0, 0.05) is 12.0 Å². The van der Waals surface area contributed by atoms with Crippen molar-refractivity contribution < 1.29 is 29.4 Å². The number of rotatable bonds is 13. The number of phenols is 1. The molecule has 3 atom stereocenters. The van der Waals surface area contributed by atoms with Gasteiger partial charge in [0.2, 0.25) is 11.8 Å². The summed E-state index contributed by atoms with van der Waals surface area (Å²) in [4.78, 5) is 50.7. The van der Waals surface area contributed by atoms with Gasteiger partial charge < -0.3 is 26.2 Å². The minimum Gasteiger partial charge on any atom is -0.508 e. The standard InChI is InChI=1S/C26H33N3O6S/c1-16(2)22(29-23(31)18-9-11-19(30)12-10-18)25(33)28-21(15-17-7-5-4-6-8-17)24(32)27-20(26(34)35)13-14-36-3/h4-12,16,20-22,30H,13-15H2,1-3H3,(H,27,32)(H,28,33)(H,29,31)(H,34,35)/t20-,21+,22-/m1/s1. The van der Waals surface area contributed by atoms with Crippen LogP contribution in [0.4, 0.5) is 0 Å². The molecule has 0 heterocycles. The Morgan fingerprint density at radius 2 is 1.47 bits per heavy atom. The second-order valence-electron chi connectivity index (χ2n) is 8.67. The van der Waals surface area contributed by atoms with Gasteiger partial charge in [0.1, 0.15) is 23.9 Å². The smallest absolute Gasteiger partial charge is 0.326 e. The van der Waals surface area contributed by atoms with Crippen molar-refractivity contribution in [3.8, 4) is 5.75 Å². The molecular formula is C26H33N3O6S. The number of phenolic OH excluding ortho intramolecular Hbond substituents is 1. The molecular weight excluding hydrogens is 482 g/mol. The zero-order chi connectivity index (χ0) is 26.7. The van der Waals surface area contributed by atoms with Crippen molar-refractivity contribution in [2.45, 2.75) is 44.8 Å². The largest absolute Gasteiger partial charge is 0.508 e. The Bertz CT molecular complexity index is 1030. The number of aliphatic carboxylic acids is 1. The van der Waals surface area contributed by atoms with Gasteiger partial charge in [0.05, 0.1) is 0 Å². The first-order valence-electron chi connectivity index (χ1n) is 11.6. The molecule has 2 aromatic rings. The fourth-order valence-corrected chi connectivity index (χ4v) is 3.93. The molecule has 0 saturated heterocycles. The highest BCUT2D eigenvalue weighted by atomic mass is 32.2. The monoisotopic (exact) mass is 515 g/mol. The van der Waals surface area contributed by atoms with E-state index in [1.54, 1.807) is 38.1 Å². The second kappa shape index (κ2) is 14.1. The van der Waals surface area contributed by atoms with Crippen molar-refractivity contribution in [3.05, 3.63) is 65.7 Å². The molecule has 0 unspecified atom stereocenters. The van der Waals surface area contributed by atoms with Gasteiger partial charge in [-0.05, 0) is 54.2 Å². The molecule has 36 heavy (non-hydrogen) atoms. The third-order valence-corrected chi connectivity index (χ3v) is 6.15. The summed E-state index contributed by atoms with van der Waals surface area (Å²) in [5, 5.41) is 26.9. The Kier molecular flexibility index (Phi) is 11.3.